The molecule has 1 aromatic heterocycles. The van der Waals surface area contributed by atoms with Crippen LogP contribution < -0.4 is 5.69 Å². The highest BCUT2D eigenvalue weighted by Gasteiger charge is 2.28. The fraction of sp³-hybridized carbons (Fsp3) is 0.423. The van der Waals surface area contributed by atoms with E-state index in [4.69, 9.17) is 5.10 Å². The summed E-state index contributed by atoms with van der Waals surface area (Å²) in [6.45, 7) is 6.70. The number of aromatic nitrogens is 3. The van der Waals surface area contributed by atoms with Crippen LogP contribution in [0.1, 0.15) is 80.7 Å². The van der Waals surface area contributed by atoms with Gasteiger partial charge < -0.3 is 5.11 Å². The first kappa shape index (κ1) is 22.1. The summed E-state index contributed by atoms with van der Waals surface area (Å²) in [6.07, 6.45) is 5.55. The van der Waals surface area contributed by atoms with Gasteiger partial charge in [0.25, 0.3) is 0 Å². The van der Waals surface area contributed by atoms with Crippen molar-refractivity contribution in [3.8, 4) is 11.1 Å². The van der Waals surface area contributed by atoms with Gasteiger partial charge in [0.2, 0.25) is 0 Å². The second kappa shape index (κ2) is 8.77. The molecule has 1 heterocycles. The summed E-state index contributed by atoms with van der Waals surface area (Å²) >= 11 is 0. The van der Waals surface area contributed by atoms with Crippen LogP contribution in [0.5, 0.6) is 0 Å². The first-order valence-electron chi connectivity index (χ1n) is 11.4. The Labute approximate surface area is 188 Å². The highest BCUT2D eigenvalue weighted by Crippen LogP contribution is 2.29. The van der Waals surface area contributed by atoms with Gasteiger partial charge in [-0.05, 0) is 35.6 Å². The molecule has 0 spiro atoms. The molecule has 1 aliphatic rings. The monoisotopic (exact) mass is 433 g/mol. The summed E-state index contributed by atoms with van der Waals surface area (Å²) in [5.41, 5.74) is 2.50. The minimum absolute atomic E-state index is 0.0397. The molecule has 0 aliphatic heterocycles. The summed E-state index contributed by atoms with van der Waals surface area (Å²) in [5, 5.41) is 14.3. The normalized spacial score (nSPS) is 15.1. The molecule has 1 saturated carbocycles. The third kappa shape index (κ3) is 4.40. The average molecular weight is 434 g/mol. The van der Waals surface area contributed by atoms with Crippen molar-refractivity contribution in [1.29, 1.82) is 0 Å². The maximum Gasteiger partial charge on any atom is 0.346 e. The van der Waals surface area contributed by atoms with Crippen molar-refractivity contribution in [2.75, 3.05) is 0 Å². The van der Waals surface area contributed by atoms with Crippen molar-refractivity contribution in [2.24, 2.45) is 0 Å². The van der Waals surface area contributed by atoms with Gasteiger partial charge in [-0.1, -0.05) is 82.5 Å². The number of carbonyl (C=O) groups is 1. The Morgan fingerprint density at radius 1 is 1.03 bits per heavy atom. The average Bonchev–Trinajstić information content (AvgIpc) is 3.11. The van der Waals surface area contributed by atoms with Crippen LogP contribution in [0.4, 0.5) is 0 Å². The lowest BCUT2D eigenvalue weighted by Crippen LogP contribution is -2.30. The van der Waals surface area contributed by atoms with E-state index in [0.717, 1.165) is 42.6 Å². The van der Waals surface area contributed by atoms with Crippen molar-refractivity contribution in [3.63, 3.8) is 0 Å². The van der Waals surface area contributed by atoms with Crippen molar-refractivity contribution in [1.82, 2.24) is 14.3 Å². The molecule has 1 aliphatic carbocycles. The predicted octanol–water partition coefficient (Wildman–Crippen LogP) is 5.26. The van der Waals surface area contributed by atoms with Gasteiger partial charge in [-0.2, -0.15) is 5.10 Å². The Balaban J connectivity index is 1.66. The number of carboxylic acid groups (broad SMARTS) is 1. The number of hydrogen-bond donors (Lipinski definition) is 1. The molecule has 0 bridgehead atoms. The van der Waals surface area contributed by atoms with Gasteiger partial charge in [-0.25, -0.2) is 14.3 Å². The van der Waals surface area contributed by atoms with E-state index in [1.807, 2.05) is 36.4 Å². The van der Waals surface area contributed by atoms with Gasteiger partial charge in [0.15, 0.2) is 0 Å². The van der Waals surface area contributed by atoms with Crippen LogP contribution in [0.2, 0.25) is 0 Å². The lowest BCUT2D eigenvalue weighted by atomic mass is 9.95. The van der Waals surface area contributed by atoms with Crippen LogP contribution in [-0.2, 0) is 12.0 Å². The number of carboxylic acids is 1. The standard InChI is InChI=1S/C26H31N3O3/c1-26(2,3)24-27-29(20-9-5-4-6-10-20)25(32)28(24)17-18-13-15-19(16-14-18)21-11-7-8-12-22(21)23(30)31/h7-8,11-16,20H,4-6,9-10,17H2,1-3H3,(H,30,31). The minimum Gasteiger partial charge on any atom is -0.478 e. The van der Waals surface area contributed by atoms with Gasteiger partial charge >= 0.3 is 11.7 Å². The van der Waals surface area contributed by atoms with Gasteiger partial charge in [-0.3, -0.25) is 4.57 Å². The fourth-order valence-electron chi connectivity index (χ4n) is 4.57. The summed E-state index contributed by atoms with van der Waals surface area (Å²) in [4.78, 5) is 24.9. The maximum atomic E-state index is 13.3. The molecule has 2 aromatic carbocycles. The van der Waals surface area contributed by atoms with Crippen LogP contribution in [-0.4, -0.2) is 25.4 Å². The number of benzene rings is 2. The SMILES string of the molecule is CC(C)(C)c1nn(C2CCCCC2)c(=O)n1Cc1ccc(-c2ccccc2C(=O)O)cc1. The second-order valence-electron chi connectivity index (χ2n) is 9.73. The molecule has 0 radical (unpaired) electrons. The maximum absolute atomic E-state index is 13.3. The largest absolute Gasteiger partial charge is 0.478 e. The lowest BCUT2D eigenvalue weighted by Gasteiger charge is -2.21. The van der Waals surface area contributed by atoms with E-state index in [1.54, 1.807) is 21.4 Å². The molecule has 0 atom stereocenters. The Hall–Kier alpha value is -3.15. The Bertz CT molecular complexity index is 1160. The van der Waals surface area contributed by atoms with Crippen LogP contribution in [0.15, 0.2) is 53.3 Å². The highest BCUT2D eigenvalue weighted by molar-refractivity contribution is 5.95. The van der Waals surface area contributed by atoms with Crippen molar-refractivity contribution < 1.29 is 9.90 Å². The second-order valence-corrected chi connectivity index (χ2v) is 9.73. The van der Waals surface area contributed by atoms with Crippen LogP contribution >= 0.6 is 0 Å². The number of aromatic carboxylic acids is 1. The Morgan fingerprint density at radius 2 is 1.69 bits per heavy atom. The Kier molecular flexibility index (Phi) is 6.04. The molecule has 168 valence electrons. The fourth-order valence-corrected chi connectivity index (χ4v) is 4.57. The lowest BCUT2D eigenvalue weighted by molar-refractivity contribution is 0.0697. The highest BCUT2D eigenvalue weighted by atomic mass is 16.4. The first-order chi connectivity index (χ1) is 15.3. The minimum atomic E-state index is -0.943. The Morgan fingerprint density at radius 3 is 2.31 bits per heavy atom. The first-order valence-corrected chi connectivity index (χ1v) is 11.4. The van der Waals surface area contributed by atoms with Crippen LogP contribution in [0.25, 0.3) is 11.1 Å². The van der Waals surface area contributed by atoms with Crippen LogP contribution in [0.3, 0.4) is 0 Å². The molecular formula is C26H31N3O3. The molecule has 4 rings (SSSR count). The molecule has 6 heteroatoms. The molecule has 0 saturated heterocycles. The van der Waals surface area contributed by atoms with Gasteiger partial charge in [0.05, 0.1) is 18.2 Å². The van der Waals surface area contributed by atoms with Gasteiger partial charge in [0.1, 0.15) is 5.82 Å². The van der Waals surface area contributed by atoms with Crippen molar-refractivity contribution in [3.05, 3.63) is 76.0 Å². The quantitative estimate of drug-likeness (QED) is 0.595. The summed E-state index contributed by atoms with van der Waals surface area (Å²) in [7, 11) is 0. The third-order valence-electron chi connectivity index (χ3n) is 6.24. The van der Waals surface area contributed by atoms with Gasteiger partial charge in [-0.15, -0.1) is 0 Å². The zero-order valence-corrected chi connectivity index (χ0v) is 19.0. The molecule has 0 amide bonds. The topological polar surface area (TPSA) is 77.1 Å². The van der Waals surface area contributed by atoms with Crippen molar-refractivity contribution >= 4 is 5.97 Å². The molecule has 6 nitrogen and oxygen atoms in total. The molecule has 32 heavy (non-hydrogen) atoms. The third-order valence-corrected chi connectivity index (χ3v) is 6.24. The molecule has 3 aromatic rings. The zero-order valence-electron chi connectivity index (χ0n) is 19.0. The molecule has 1 N–H and O–H groups in total. The number of hydrogen-bond acceptors (Lipinski definition) is 3. The number of rotatable bonds is 5. The van der Waals surface area contributed by atoms with E-state index in [1.165, 1.54) is 6.42 Å². The van der Waals surface area contributed by atoms with Crippen molar-refractivity contribution in [2.45, 2.75) is 70.9 Å². The summed E-state index contributed by atoms with van der Waals surface area (Å²) in [5.74, 6) is -0.144. The van der Waals surface area contributed by atoms with E-state index in [-0.39, 0.29) is 22.7 Å². The van der Waals surface area contributed by atoms with E-state index in [0.29, 0.717) is 12.1 Å². The molecular weight excluding hydrogens is 402 g/mol. The molecule has 1 fully saturated rings. The summed E-state index contributed by atoms with van der Waals surface area (Å²) in [6, 6.07) is 14.9. The van der Waals surface area contributed by atoms with E-state index in [2.05, 4.69) is 20.8 Å². The number of nitrogens with zero attached hydrogens (tertiary/aromatic N) is 3. The van der Waals surface area contributed by atoms with Gasteiger partial charge in [0, 0.05) is 5.41 Å². The zero-order chi connectivity index (χ0) is 22.9. The smallest absolute Gasteiger partial charge is 0.346 e. The van der Waals surface area contributed by atoms with E-state index < -0.39 is 5.97 Å². The van der Waals surface area contributed by atoms with Crippen LogP contribution in [0, 0.1) is 0 Å². The predicted molar refractivity (Wildman–Crippen MR) is 125 cm³/mol. The molecule has 0 unspecified atom stereocenters. The van der Waals surface area contributed by atoms with E-state index >= 15 is 0 Å². The summed E-state index contributed by atoms with van der Waals surface area (Å²) < 4.78 is 3.52. The van der Waals surface area contributed by atoms with E-state index in [9.17, 15) is 14.7 Å².